The van der Waals surface area contributed by atoms with Crippen LogP contribution in [0.2, 0.25) is 0 Å². The van der Waals surface area contributed by atoms with E-state index in [2.05, 4.69) is 19.2 Å². The number of unbranched alkanes of at least 4 members (excludes halogenated alkanes) is 4. The van der Waals surface area contributed by atoms with Gasteiger partial charge in [-0.25, -0.2) is 0 Å². The standard InChI is InChI=1S/C9H18OS/c1-9(10)7-5-3-2-4-6-8-11/h10-11H,1-8H2. The highest BCUT2D eigenvalue weighted by Crippen LogP contribution is 2.08. The van der Waals surface area contributed by atoms with Gasteiger partial charge in [0.05, 0.1) is 5.76 Å². The predicted molar refractivity (Wildman–Crippen MR) is 53.3 cm³/mol. The Balaban J connectivity index is 2.85. The first kappa shape index (κ1) is 10.9. The van der Waals surface area contributed by atoms with Gasteiger partial charge in [-0.2, -0.15) is 12.6 Å². The molecule has 0 saturated heterocycles. The summed E-state index contributed by atoms with van der Waals surface area (Å²) in [4.78, 5) is 0. The summed E-state index contributed by atoms with van der Waals surface area (Å²) in [6, 6.07) is 0. The van der Waals surface area contributed by atoms with E-state index in [9.17, 15) is 0 Å². The number of rotatable bonds is 7. The van der Waals surface area contributed by atoms with E-state index >= 15 is 0 Å². The van der Waals surface area contributed by atoms with E-state index in [0.717, 1.165) is 18.6 Å². The number of hydrogen-bond acceptors (Lipinski definition) is 2. The predicted octanol–water partition coefficient (Wildman–Crippen LogP) is 3.33. The van der Waals surface area contributed by atoms with Crippen LogP contribution in [0.5, 0.6) is 0 Å². The largest absolute Gasteiger partial charge is 0.513 e. The summed E-state index contributed by atoms with van der Waals surface area (Å²) in [5, 5.41) is 8.75. The molecule has 0 aliphatic rings. The van der Waals surface area contributed by atoms with Crippen LogP contribution in [0.25, 0.3) is 0 Å². The lowest BCUT2D eigenvalue weighted by Gasteiger charge is -1.98. The molecule has 0 aromatic heterocycles. The van der Waals surface area contributed by atoms with Crippen LogP contribution in [0.3, 0.4) is 0 Å². The first-order valence-corrected chi connectivity index (χ1v) is 4.88. The van der Waals surface area contributed by atoms with Gasteiger partial charge < -0.3 is 5.11 Å². The minimum absolute atomic E-state index is 0.319. The molecule has 0 aliphatic heterocycles. The van der Waals surface area contributed by atoms with Crippen LogP contribution in [0, 0.1) is 0 Å². The van der Waals surface area contributed by atoms with E-state index in [1.165, 1.54) is 25.7 Å². The molecule has 1 N–H and O–H groups in total. The molecule has 0 radical (unpaired) electrons. The molecule has 0 rings (SSSR count). The maximum atomic E-state index is 8.75. The third-order valence-electron chi connectivity index (χ3n) is 1.62. The summed E-state index contributed by atoms with van der Waals surface area (Å²) < 4.78 is 0. The van der Waals surface area contributed by atoms with E-state index in [-0.39, 0.29) is 0 Å². The third-order valence-corrected chi connectivity index (χ3v) is 1.94. The monoisotopic (exact) mass is 174 g/mol. The fourth-order valence-corrected chi connectivity index (χ4v) is 1.19. The number of hydrogen-bond donors (Lipinski definition) is 2. The minimum atomic E-state index is 0.319. The van der Waals surface area contributed by atoms with Gasteiger partial charge in [-0.1, -0.05) is 25.8 Å². The Labute approximate surface area is 74.9 Å². The fourth-order valence-electron chi connectivity index (χ4n) is 0.971. The molecule has 2 heteroatoms. The van der Waals surface area contributed by atoms with E-state index in [0.29, 0.717) is 5.76 Å². The number of aliphatic hydroxyl groups is 1. The normalized spacial score (nSPS) is 9.91. The molecule has 1 nitrogen and oxygen atoms in total. The van der Waals surface area contributed by atoms with Crippen molar-refractivity contribution in [3.63, 3.8) is 0 Å². The van der Waals surface area contributed by atoms with Gasteiger partial charge in [-0.15, -0.1) is 0 Å². The van der Waals surface area contributed by atoms with Crippen molar-refractivity contribution in [3.05, 3.63) is 12.3 Å². The van der Waals surface area contributed by atoms with Crippen LogP contribution < -0.4 is 0 Å². The summed E-state index contributed by atoms with van der Waals surface area (Å²) in [6.45, 7) is 3.43. The van der Waals surface area contributed by atoms with Gasteiger partial charge >= 0.3 is 0 Å². The molecule has 0 spiro atoms. The molecule has 0 atom stereocenters. The smallest absolute Gasteiger partial charge is 0.0851 e. The molecule has 0 aromatic carbocycles. The Bertz CT molecular complexity index is 102. The minimum Gasteiger partial charge on any atom is -0.513 e. The first-order valence-electron chi connectivity index (χ1n) is 4.25. The van der Waals surface area contributed by atoms with E-state index in [1.807, 2.05) is 0 Å². The van der Waals surface area contributed by atoms with Crippen molar-refractivity contribution in [3.8, 4) is 0 Å². The topological polar surface area (TPSA) is 20.2 Å². The zero-order valence-electron chi connectivity index (χ0n) is 7.05. The molecule has 66 valence electrons. The molecular formula is C9H18OS. The van der Waals surface area contributed by atoms with Crippen LogP contribution in [-0.2, 0) is 0 Å². The maximum Gasteiger partial charge on any atom is 0.0851 e. The Morgan fingerprint density at radius 3 is 2.18 bits per heavy atom. The van der Waals surface area contributed by atoms with Gasteiger partial charge in [0.1, 0.15) is 0 Å². The maximum absolute atomic E-state index is 8.75. The van der Waals surface area contributed by atoms with Crippen molar-refractivity contribution in [2.24, 2.45) is 0 Å². The van der Waals surface area contributed by atoms with E-state index in [4.69, 9.17) is 5.11 Å². The number of aliphatic hydroxyl groups excluding tert-OH is 1. The van der Waals surface area contributed by atoms with Gasteiger partial charge in [-0.05, 0) is 18.6 Å². The van der Waals surface area contributed by atoms with Gasteiger partial charge in [0, 0.05) is 6.42 Å². The Morgan fingerprint density at radius 1 is 1.09 bits per heavy atom. The highest BCUT2D eigenvalue weighted by Gasteiger charge is 1.91. The highest BCUT2D eigenvalue weighted by molar-refractivity contribution is 7.80. The highest BCUT2D eigenvalue weighted by atomic mass is 32.1. The van der Waals surface area contributed by atoms with Crippen molar-refractivity contribution >= 4 is 12.6 Å². The lowest BCUT2D eigenvalue weighted by Crippen LogP contribution is -1.82. The molecule has 11 heavy (non-hydrogen) atoms. The Morgan fingerprint density at radius 2 is 1.64 bits per heavy atom. The lowest BCUT2D eigenvalue weighted by molar-refractivity contribution is 0.383. The summed E-state index contributed by atoms with van der Waals surface area (Å²) in [5.41, 5.74) is 0. The second kappa shape index (κ2) is 7.99. The molecule has 0 heterocycles. The van der Waals surface area contributed by atoms with Crippen LogP contribution in [0.15, 0.2) is 12.3 Å². The average Bonchev–Trinajstić information content (AvgIpc) is 1.96. The van der Waals surface area contributed by atoms with E-state index < -0.39 is 0 Å². The second-order valence-electron chi connectivity index (χ2n) is 2.81. The molecule has 0 bridgehead atoms. The Hall–Kier alpha value is -0.110. The van der Waals surface area contributed by atoms with Crippen LogP contribution in [-0.4, -0.2) is 10.9 Å². The second-order valence-corrected chi connectivity index (χ2v) is 3.25. The molecule has 0 saturated carbocycles. The van der Waals surface area contributed by atoms with Crippen molar-refractivity contribution in [1.29, 1.82) is 0 Å². The fraction of sp³-hybridized carbons (Fsp3) is 0.778. The zero-order valence-corrected chi connectivity index (χ0v) is 7.95. The molecule has 0 fully saturated rings. The molecular weight excluding hydrogens is 156 g/mol. The van der Waals surface area contributed by atoms with Crippen LogP contribution >= 0.6 is 12.6 Å². The zero-order chi connectivity index (χ0) is 8.53. The molecule has 0 aliphatic carbocycles. The van der Waals surface area contributed by atoms with Crippen molar-refractivity contribution in [1.82, 2.24) is 0 Å². The number of allylic oxidation sites excluding steroid dienone is 1. The van der Waals surface area contributed by atoms with E-state index in [1.54, 1.807) is 0 Å². The average molecular weight is 174 g/mol. The Kier molecular flexibility index (Phi) is 7.91. The summed E-state index contributed by atoms with van der Waals surface area (Å²) >= 11 is 4.12. The van der Waals surface area contributed by atoms with Crippen LogP contribution in [0.1, 0.15) is 38.5 Å². The summed E-state index contributed by atoms with van der Waals surface area (Å²) in [7, 11) is 0. The first-order chi connectivity index (χ1) is 5.27. The molecule has 0 unspecified atom stereocenters. The van der Waals surface area contributed by atoms with Gasteiger partial charge in [0.15, 0.2) is 0 Å². The number of thiol groups is 1. The lowest BCUT2D eigenvalue weighted by atomic mass is 10.1. The summed E-state index contributed by atoms with van der Waals surface area (Å²) in [5.74, 6) is 1.31. The van der Waals surface area contributed by atoms with Crippen molar-refractivity contribution in [2.45, 2.75) is 38.5 Å². The van der Waals surface area contributed by atoms with Gasteiger partial charge in [0.2, 0.25) is 0 Å². The van der Waals surface area contributed by atoms with Crippen LogP contribution in [0.4, 0.5) is 0 Å². The SMILES string of the molecule is C=C(O)CCCCCCCS. The molecule has 0 amide bonds. The summed E-state index contributed by atoms with van der Waals surface area (Å²) in [6.07, 6.45) is 6.77. The van der Waals surface area contributed by atoms with Gasteiger partial charge in [-0.3, -0.25) is 0 Å². The van der Waals surface area contributed by atoms with Gasteiger partial charge in [0.25, 0.3) is 0 Å². The quantitative estimate of drug-likeness (QED) is 0.344. The molecule has 0 aromatic rings. The van der Waals surface area contributed by atoms with Crippen molar-refractivity contribution < 1.29 is 5.11 Å². The third kappa shape index (κ3) is 9.89. The van der Waals surface area contributed by atoms with Crippen molar-refractivity contribution in [2.75, 3.05) is 5.75 Å².